The van der Waals surface area contributed by atoms with Gasteiger partial charge in [0.25, 0.3) is 5.91 Å². The first-order valence-corrected chi connectivity index (χ1v) is 11.1. The molecule has 0 saturated carbocycles. The van der Waals surface area contributed by atoms with E-state index < -0.39 is 16.0 Å². The Hall–Kier alpha value is -1.87. The van der Waals surface area contributed by atoms with Crippen molar-refractivity contribution in [2.45, 2.75) is 39.5 Å². The third kappa shape index (κ3) is 5.32. The number of aromatic nitrogens is 1. The number of methoxy groups -OCH3 is 1. The van der Waals surface area contributed by atoms with Crippen LogP contribution in [0.3, 0.4) is 0 Å². The van der Waals surface area contributed by atoms with Gasteiger partial charge in [-0.2, -0.15) is 0 Å². The average molecular weight is 400 g/mol. The first-order valence-electron chi connectivity index (χ1n) is 9.21. The van der Waals surface area contributed by atoms with Crippen molar-refractivity contribution in [2.75, 3.05) is 33.0 Å². The van der Waals surface area contributed by atoms with E-state index in [4.69, 9.17) is 4.74 Å². The fraction of sp³-hybridized carbons (Fsp3) is 0.667. The Morgan fingerprint density at radius 3 is 2.67 bits per heavy atom. The smallest absolute Gasteiger partial charge is 0.339 e. The molecule has 0 radical (unpaired) electrons. The molecule has 2 rings (SSSR count). The molecule has 0 aromatic carbocycles. The Morgan fingerprint density at radius 2 is 2.07 bits per heavy atom. The summed E-state index contributed by atoms with van der Waals surface area (Å²) in [4.78, 5) is 30.1. The van der Waals surface area contributed by atoms with Crippen LogP contribution in [0, 0.1) is 12.8 Å². The van der Waals surface area contributed by atoms with Crippen LogP contribution in [-0.4, -0.2) is 63.2 Å². The highest BCUT2D eigenvalue weighted by atomic mass is 32.2. The molecule has 0 aliphatic carbocycles. The molecule has 27 heavy (non-hydrogen) atoms. The predicted octanol–water partition coefficient (Wildman–Crippen LogP) is 1.46. The van der Waals surface area contributed by atoms with Gasteiger partial charge in [-0.25, -0.2) is 17.9 Å². The second-order valence-corrected chi connectivity index (χ2v) is 8.93. The lowest BCUT2D eigenvalue weighted by Gasteiger charge is -2.32. The first kappa shape index (κ1) is 21.4. The number of hydrogen-bond donors (Lipinski definition) is 2. The quantitative estimate of drug-likeness (QED) is 0.675. The zero-order valence-corrected chi connectivity index (χ0v) is 17.2. The summed E-state index contributed by atoms with van der Waals surface area (Å²) in [5, 5.41) is 0. The van der Waals surface area contributed by atoms with Crippen molar-refractivity contribution in [3.8, 4) is 0 Å². The van der Waals surface area contributed by atoms with Crippen LogP contribution in [0.25, 0.3) is 0 Å². The lowest BCUT2D eigenvalue weighted by Crippen LogP contribution is -2.44. The summed E-state index contributed by atoms with van der Waals surface area (Å²) >= 11 is 0. The molecule has 0 spiro atoms. The number of carbonyl (C=O) groups excluding carboxylic acids is 2. The van der Waals surface area contributed by atoms with E-state index in [9.17, 15) is 18.0 Å². The van der Waals surface area contributed by atoms with E-state index in [-0.39, 0.29) is 11.8 Å². The predicted molar refractivity (Wildman–Crippen MR) is 102 cm³/mol. The number of rotatable bonds is 7. The highest BCUT2D eigenvalue weighted by molar-refractivity contribution is 7.88. The molecule has 152 valence electrons. The summed E-state index contributed by atoms with van der Waals surface area (Å²) in [6.07, 6.45) is 4.21. The maximum Gasteiger partial charge on any atom is 0.339 e. The van der Waals surface area contributed by atoms with E-state index >= 15 is 0 Å². The van der Waals surface area contributed by atoms with Gasteiger partial charge in [-0.05, 0) is 37.7 Å². The van der Waals surface area contributed by atoms with Gasteiger partial charge in [0.05, 0.1) is 18.9 Å². The van der Waals surface area contributed by atoms with Crippen LogP contribution in [0.15, 0.2) is 0 Å². The Morgan fingerprint density at radius 1 is 1.37 bits per heavy atom. The molecule has 1 saturated heterocycles. The van der Waals surface area contributed by atoms with Crippen LogP contribution in [0.1, 0.15) is 58.3 Å². The molecular weight excluding hydrogens is 370 g/mol. The zero-order chi connectivity index (χ0) is 20.2. The Bertz CT molecular complexity index is 800. The van der Waals surface area contributed by atoms with Crippen LogP contribution >= 0.6 is 0 Å². The number of aryl methyl sites for hydroxylation is 1. The molecule has 1 aromatic heterocycles. The van der Waals surface area contributed by atoms with E-state index in [2.05, 4.69) is 9.71 Å². The zero-order valence-electron chi connectivity index (χ0n) is 16.4. The van der Waals surface area contributed by atoms with Gasteiger partial charge >= 0.3 is 5.97 Å². The highest BCUT2D eigenvalue weighted by Crippen LogP contribution is 2.25. The third-order valence-electron chi connectivity index (χ3n) is 4.83. The van der Waals surface area contributed by atoms with E-state index in [1.54, 1.807) is 11.8 Å². The minimum atomic E-state index is -3.25. The number of H-pyrrole nitrogens is 1. The van der Waals surface area contributed by atoms with Crippen molar-refractivity contribution in [1.82, 2.24) is 14.6 Å². The number of likely N-dealkylation sites (tertiary alicyclic amines) is 1. The molecule has 1 aliphatic heterocycles. The van der Waals surface area contributed by atoms with Crippen molar-refractivity contribution >= 4 is 21.9 Å². The SMILES string of the molecule is CCCc1c(C(=O)N2CCC[C@@H](CNS(C)(=O)=O)C2)[nH]c(C)c1C(=O)OC. The second-order valence-electron chi connectivity index (χ2n) is 7.10. The number of aromatic amines is 1. The topological polar surface area (TPSA) is 109 Å². The number of piperidine rings is 1. The standard InChI is InChI=1S/C18H29N3O5S/c1-5-7-14-15(18(23)26-3)12(2)20-16(14)17(22)21-9-6-8-13(11-21)10-19-27(4,24)25/h13,19-20H,5-11H2,1-4H3/t13-/m0/s1. The highest BCUT2D eigenvalue weighted by Gasteiger charge is 2.30. The number of carbonyl (C=O) groups is 2. The largest absolute Gasteiger partial charge is 0.465 e. The van der Waals surface area contributed by atoms with Crippen LogP contribution in [0.4, 0.5) is 0 Å². The van der Waals surface area contributed by atoms with Gasteiger partial charge in [-0.1, -0.05) is 13.3 Å². The Kier molecular flexibility index (Phi) is 7.05. The van der Waals surface area contributed by atoms with Crippen LogP contribution in [0.2, 0.25) is 0 Å². The van der Waals surface area contributed by atoms with Gasteiger partial charge in [0.2, 0.25) is 10.0 Å². The van der Waals surface area contributed by atoms with Crippen LogP contribution in [-0.2, 0) is 21.2 Å². The van der Waals surface area contributed by atoms with Gasteiger partial charge in [0.15, 0.2) is 0 Å². The molecule has 9 heteroatoms. The molecule has 8 nitrogen and oxygen atoms in total. The van der Waals surface area contributed by atoms with Gasteiger partial charge in [-0.3, -0.25) is 4.79 Å². The maximum atomic E-state index is 13.1. The fourth-order valence-electron chi connectivity index (χ4n) is 3.58. The molecule has 0 unspecified atom stereocenters. The van der Waals surface area contributed by atoms with E-state index in [1.165, 1.54) is 7.11 Å². The van der Waals surface area contributed by atoms with E-state index in [0.29, 0.717) is 48.6 Å². The summed E-state index contributed by atoms with van der Waals surface area (Å²) < 4.78 is 30.0. The normalized spacial score (nSPS) is 17.8. The van der Waals surface area contributed by atoms with Crippen molar-refractivity contribution < 1.29 is 22.7 Å². The number of esters is 1. The number of nitrogens with one attached hydrogen (secondary N) is 2. The summed E-state index contributed by atoms with van der Waals surface area (Å²) in [7, 11) is -1.92. The number of ether oxygens (including phenoxy) is 1. The van der Waals surface area contributed by atoms with Gasteiger partial charge in [0.1, 0.15) is 5.69 Å². The van der Waals surface area contributed by atoms with Crippen LogP contribution in [0.5, 0.6) is 0 Å². The van der Waals surface area contributed by atoms with E-state index in [0.717, 1.165) is 25.5 Å². The molecule has 0 bridgehead atoms. The lowest BCUT2D eigenvalue weighted by atomic mass is 9.97. The molecular formula is C18H29N3O5S. The summed E-state index contributed by atoms with van der Waals surface area (Å²) in [6.45, 7) is 5.17. The number of hydrogen-bond acceptors (Lipinski definition) is 5. The molecule has 1 atom stereocenters. The molecule has 2 N–H and O–H groups in total. The minimum Gasteiger partial charge on any atom is -0.465 e. The molecule has 1 aromatic rings. The number of nitrogens with zero attached hydrogens (tertiary/aromatic N) is 1. The Labute approximate surface area is 160 Å². The van der Waals surface area contributed by atoms with Crippen LogP contribution < -0.4 is 4.72 Å². The summed E-state index contributed by atoms with van der Waals surface area (Å²) in [5.74, 6) is -0.524. The van der Waals surface area contributed by atoms with Gasteiger partial charge in [-0.15, -0.1) is 0 Å². The molecule has 1 amide bonds. The third-order valence-corrected chi connectivity index (χ3v) is 5.53. The van der Waals surface area contributed by atoms with E-state index in [1.807, 2.05) is 6.92 Å². The summed E-state index contributed by atoms with van der Waals surface area (Å²) in [5.41, 5.74) is 2.20. The molecule has 1 fully saturated rings. The maximum absolute atomic E-state index is 13.1. The minimum absolute atomic E-state index is 0.0724. The number of amides is 1. The second kappa shape index (κ2) is 8.88. The van der Waals surface area contributed by atoms with Crippen molar-refractivity contribution in [3.05, 3.63) is 22.5 Å². The molecule has 1 aliphatic rings. The molecule has 2 heterocycles. The number of sulfonamides is 1. The average Bonchev–Trinajstić information content (AvgIpc) is 2.95. The van der Waals surface area contributed by atoms with Crippen molar-refractivity contribution in [3.63, 3.8) is 0 Å². The van der Waals surface area contributed by atoms with Crippen molar-refractivity contribution in [1.29, 1.82) is 0 Å². The van der Waals surface area contributed by atoms with Gasteiger partial charge in [0, 0.05) is 25.3 Å². The monoisotopic (exact) mass is 399 g/mol. The first-order chi connectivity index (χ1) is 12.7. The van der Waals surface area contributed by atoms with Crippen molar-refractivity contribution in [2.24, 2.45) is 5.92 Å². The van der Waals surface area contributed by atoms with Gasteiger partial charge < -0.3 is 14.6 Å². The Balaban J connectivity index is 2.22. The lowest BCUT2D eigenvalue weighted by molar-refractivity contribution is 0.0599. The summed E-state index contributed by atoms with van der Waals surface area (Å²) in [6, 6.07) is 0. The fourth-order valence-corrected chi connectivity index (χ4v) is 4.12.